The number of hydrogen-bond donors (Lipinski definition) is 1. The van der Waals surface area contributed by atoms with Crippen molar-refractivity contribution in [3.8, 4) is 0 Å². The number of rotatable bonds is 3. The third-order valence-electron chi connectivity index (χ3n) is 3.03. The van der Waals surface area contributed by atoms with Crippen LogP contribution in [0.3, 0.4) is 0 Å². The van der Waals surface area contributed by atoms with Gasteiger partial charge in [-0.25, -0.2) is 9.37 Å². The normalized spacial score (nSPS) is 11.1. The van der Waals surface area contributed by atoms with E-state index in [0.717, 1.165) is 11.8 Å². The Kier molecular flexibility index (Phi) is 3.60. The van der Waals surface area contributed by atoms with Crippen molar-refractivity contribution < 1.29 is 9.18 Å². The minimum atomic E-state index is -0.683. The number of halogens is 1. The van der Waals surface area contributed by atoms with E-state index in [9.17, 15) is 9.18 Å². The maximum Gasteiger partial charge on any atom is 0.235 e. The van der Waals surface area contributed by atoms with Crippen LogP contribution < -0.4 is 5.32 Å². The highest BCUT2D eigenvalue weighted by Gasteiger charge is 2.29. The molecule has 0 saturated carbocycles. The summed E-state index contributed by atoms with van der Waals surface area (Å²) in [6.07, 6.45) is 1.07. The number of carbonyl (C=O) groups is 1. The van der Waals surface area contributed by atoms with Crippen LogP contribution in [0.5, 0.6) is 0 Å². The fraction of sp³-hybridized carbons (Fsp3) is 0.200. The number of nitrogens with zero attached hydrogens (tertiary/aromatic N) is 1. The summed E-state index contributed by atoms with van der Waals surface area (Å²) in [5, 5.41) is 2.69. The number of amides is 1. The van der Waals surface area contributed by atoms with Gasteiger partial charge in [-0.3, -0.25) is 4.79 Å². The first kappa shape index (κ1) is 13.2. The molecule has 3 nitrogen and oxygen atoms in total. The minimum absolute atomic E-state index is 0.183. The summed E-state index contributed by atoms with van der Waals surface area (Å²) in [6.45, 7) is 3.67. The largest absolute Gasteiger partial charge is 0.310 e. The van der Waals surface area contributed by atoms with E-state index in [0.29, 0.717) is 5.82 Å². The second-order valence-electron chi connectivity index (χ2n) is 4.81. The summed E-state index contributed by atoms with van der Waals surface area (Å²) in [7, 11) is 0. The molecule has 0 radical (unpaired) electrons. The third-order valence-corrected chi connectivity index (χ3v) is 3.03. The third kappa shape index (κ3) is 2.96. The first-order valence-electron chi connectivity index (χ1n) is 5.98. The number of benzene rings is 1. The molecule has 0 atom stereocenters. The SMILES string of the molecule is CC(C)(C(=O)Nc1ccc(F)cn1)c1ccccc1. The maximum absolute atomic E-state index is 12.7. The molecule has 2 aromatic rings. The summed E-state index contributed by atoms with van der Waals surface area (Å²) in [5.41, 5.74) is 0.228. The van der Waals surface area contributed by atoms with Gasteiger partial charge in [0.05, 0.1) is 11.6 Å². The van der Waals surface area contributed by atoms with E-state index < -0.39 is 11.2 Å². The molecule has 0 aliphatic carbocycles. The topological polar surface area (TPSA) is 42.0 Å². The molecule has 98 valence electrons. The minimum Gasteiger partial charge on any atom is -0.310 e. The van der Waals surface area contributed by atoms with Crippen LogP contribution in [0.25, 0.3) is 0 Å². The quantitative estimate of drug-likeness (QED) is 0.919. The Morgan fingerprint density at radius 3 is 2.42 bits per heavy atom. The van der Waals surface area contributed by atoms with Crippen LogP contribution in [0.4, 0.5) is 10.2 Å². The standard InChI is InChI=1S/C15H15FN2O/c1-15(2,11-6-4-3-5-7-11)14(19)18-13-9-8-12(16)10-17-13/h3-10H,1-2H3,(H,17,18,19). The van der Waals surface area contributed by atoms with Crippen molar-refractivity contribution in [1.82, 2.24) is 4.98 Å². The molecular formula is C15H15FN2O. The smallest absolute Gasteiger partial charge is 0.235 e. The zero-order chi connectivity index (χ0) is 13.9. The van der Waals surface area contributed by atoms with Gasteiger partial charge in [0.15, 0.2) is 0 Å². The predicted octanol–water partition coefficient (Wildman–Crippen LogP) is 3.14. The molecule has 2 rings (SSSR count). The number of pyridine rings is 1. The van der Waals surface area contributed by atoms with Crippen LogP contribution >= 0.6 is 0 Å². The summed E-state index contributed by atoms with van der Waals surface area (Å²) in [4.78, 5) is 16.1. The molecule has 4 heteroatoms. The molecule has 1 N–H and O–H groups in total. The van der Waals surface area contributed by atoms with Gasteiger partial charge in [0.2, 0.25) is 5.91 Å². The monoisotopic (exact) mass is 258 g/mol. The predicted molar refractivity (Wildman–Crippen MR) is 72.3 cm³/mol. The van der Waals surface area contributed by atoms with Crippen molar-refractivity contribution in [2.75, 3.05) is 5.32 Å². The fourth-order valence-electron chi connectivity index (χ4n) is 1.71. The van der Waals surface area contributed by atoms with Crippen LogP contribution in [0.15, 0.2) is 48.7 Å². The molecule has 0 unspecified atom stereocenters. The Morgan fingerprint density at radius 1 is 1.16 bits per heavy atom. The molecule has 0 saturated heterocycles. The molecule has 1 aromatic heterocycles. The second kappa shape index (κ2) is 5.18. The van der Waals surface area contributed by atoms with Gasteiger partial charge in [-0.2, -0.15) is 0 Å². The van der Waals surface area contributed by atoms with Crippen LogP contribution in [-0.2, 0) is 10.2 Å². The number of aromatic nitrogens is 1. The van der Waals surface area contributed by atoms with E-state index >= 15 is 0 Å². The molecule has 0 fully saturated rings. The van der Waals surface area contributed by atoms with Gasteiger partial charge in [-0.15, -0.1) is 0 Å². The number of hydrogen-bond acceptors (Lipinski definition) is 2. The van der Waals surface area contributed by atoms with E-state index in [1.54, 1.807) is 0 Å². The fourth-order valence-corrected chi connectivity index (χ4v) is 1.71. The van der Waals surface area contributed by atoms with E-state index in [2.05, 4.69) is 10.3 Å². The first-order valence-corrected chi connectivity index (χ1v) is 5.98. The van der Waals surface area contributed by atoms with Crippen LogP contribution in [0.1, 0.15) is 19.4 Å². The Hall–Kier alpha value is -2.23. The van der Waals surface area contributed by atoms with Crippen molar-refractivity contribution >= 4 is 11.7 Å². The molecule has 1 heterocycles. The van der Waals surface area contributed by atoms with E-state index in [1.165, 1.54) is 12.1 Å². The van der Waals surface area contributed by atoms with Gasteiger partial charge in [-0.05, 0) is 31.5 Å². The van der Waals surface area contributed by atoms with E-state index in [-0.39, 0.29) is 5.91 Å². The number of nitrogens with one attached hydrogen (secondary N) is 1. The zero-order valence-electron chi connectivity index (χ0n) is 10.9. The molecule has 0 aliphatic rings. The summed E-state index contributed by atoms with van der Waals surface area (Å²) >= 11 is 0. The highest BCUT2D eigenvalue weighted by molar-refractivity contribution is 5.97. The van der Waals surface area contributed by atoms with Gasteiger partial charge >= 0.3 is 0 Å². The molecule has 0 spiro atoms. The summed E-state index contributed by atoms with van der Waals surface area (Å²) in [5.74, 6) is -0.270. The lowest BCUT2D eigenvalue weighted by molar-refractivity contribution is -0.120. The van der Waals surface area contributed by atoms with Crippen LogP contribution in [0.2, 0.25) is 0 Å². The lowest BCUT2D eigenvalue weighted by Gasteiger charge is -2.23. The highest BCUT2D eigenvalue weighted by Crippen LogP contribution is 2.24. The number of anilines is 1. The van der Waals surface area contributed by atoms with Crippen molar-refractivity contribution in [2.45, 2.75) is 19.3 Å². The molecule has 1 amide bonds. The summed E-state index contributed by atoms with van der Waals surface area (Å²) in [6, 6.07) is 12.2. The zero-order valence-corrected chi connectivity index (χ0v) is 10.9. The number of carbonyl (C=O) groups excluding carboxylic acids is 1. The van der Waals surface area contributed by atoms with Crippen molar-refractivity contribution in [3.63, 3.8) is 0 Å². The van der Waals surface area contributed by atoms with Crippen molar-refractivity contribution in [1.29, 1.82) is 0 Å². The van der Waals surface area contributed by atoms with Crippen molar-refractivity contribution in [3.05, 3.63) is 60.0 Å². The van der Waals surface area contributed by atoms with Crippen LogP contribution in [-0.4, -0.2) is 10.9 Å². The molecule has 19 heavy (non-hydrogen) atoms. The molecular weight excluding hydrogens is 243 g/mol. The Balaban J connectivity index is 2.17. The highest BCUT2D eigenvalue weighted by atomic mass is 19.1. The Morgan fingerprint density at radius 2 is 1.84 bits per heavy atom. The Bertz CT molecular complexity index is 564. The van der Waals surface area contributed by atoms with E-state index in [1.807, 2.05) is 44.2 Å². The Labute approximate surface area is 111 Å². The molecule has 1 aromatic carbocycles. The van der Waals surface area contributed by atoms with Crippen molar-refractivity contribution in [2.24, 2.45) is 0 Å². The average Bonchev–Trinajstić information content (AvgIpc) is 2.42. The molecule has 0 bridgehead atoms. The van der Waals surface area contributed by atoms with Gasteiger partial charge in [0.25, 0.3) is 0 Å². The van der Waals surface area contributed by atoms with Gasteiger partial charge in [0, 0.05) is 0 Å². The van der Waals surface area contributed by atoms with E-state index in [4.69, 9.17) is 0 Å². The average molecular weight is 258 g/mol. The lowest BCUT2D eigenvalue weighted by Crippen LogP contribution is -2.34. The summed E-state index contributed by atoms with van der Waals surface area (Å²) < 4.78 is 12.7. The lowest BCUT2D eigenvalue weighted by atomic mass is 9.84. The second-order valence-corrected chi connectivity index (χ2v) is 4.81. The van der Waals surface area contributed by atoms with Crippen LogP contribution in [0, 0.1) is 5.82 Å². The molecule has 0 aliphatic heterocycles. The van der Waals surface area contributed by atoms with Gasteiger partial charge in [0.1, 0.15) is 11.6 Å². The maximum atomic E-state index is 12.7. The van der Waals surface area contributed by atoms with Gasteiger partial charge < -0.3 is 5.32 Å². The van der Waals surface area contributed by atoms with Gasteiger partial charge in [-0.1, -0.05) is 30.3 Å². The first-order chi connectivity index (χ1) is 9.00.